The number of carboxylic acid groups (broad SMARTS) is 1. The van der Waals surface area contributed by atoms with Crippen molar-refractivity contribution >= 4 is 12.0 Å². The van der Waals surface area contributed by atoms with Gasteiger partial charge < -0.3 is 20.0 Å². The Morgan fingerprint density at radius 3 is 1.89 bits per heavy atom. The number of rotatable bonds is 7. The van der Waals surface area contributed by atoms with Gasteiger partial charge in [0.05, 0.1) is 0 Å². The second kappa shape index (κ2) is 7.92. The van der Waals surface area contributed by atoms with Gasteiger partial charge >= 0.3 is 12.0 Å². The Balaban J connectivity index is 4.82. The molecular weight excluding hydrogens is 236 g/mol. The summed E-state index contributed by atoms with van der Waals surface area (Å²) in [5.74, 6) is -1.03. The molecule has 0 aromatic carbocycles. The molecule has 0 rings (SSSR count). The first-order valence-corrected chi connectivity index (χ1v) is 6.21. The molecular formula is C12H24N2O4. The van der Waals surface area contributed by atoms with Crippen LogP contribution in [0.15, 0.2) is 0 Å². The predicted molar refractivity (Wildman–Crippen MR) is 68.4 cm³/mol. The highest BCUT2D eigenvalue weighted by Gasteiger charge is 2.26. The molecule has 0 bridgehead atoms. The smallest absolute Gasteiger partial charge is 0.323 e. The number of amides is 2. The van der Waals surface area contributed by atoms with Crippen LogP contribution in [0.2, 0.25) is 0 Å². The van der Waals surface area contributed by atoms with Gasteiger partial charge in [-0.05, 0) is 34.1 Å². The molecule has 2 amide bonds. The van der Waals surface area contributed by atoms with Crippen LogP contribution in [-0.4, -0.2) is 63.8 Å². The van der Waals surface area contributed by atoms with Crippen LogP contribution >= 0.6 is 0 Å². The number of carbonyl (C=O) groups is 2. The zero-order chi connectivity index (χ0) is 14.3. The Hall–Kier alpha value is -1.30. The lowest BCUT2D eigenvalue weighted by atomic mass is 10.2. The maximum absolute atomic E-state index is 12.3. The Morgan fingerprint density at radius 1 is 1.06 bits per heavy atom. The van der Waals surface area contributed by atoms with E-state index in [1.807, 2.05) is 13.8 Å². The number of aliphatic carboxylic acids is 1. The Labute approximate surface area is 108 Å². The van der Waals surface area contributed by atoms with Crippen LogP contribution in [0.1, 0.15) is 34.1 Å². The largest absolute Gasteiger partial charge is 0.480 e. The maximum atomic E-state index is 12.3. The van der Waals surface area contributed by atoms with Gasteiger partial charge in [0.15, 0.2) is 0 Å². The SMILES string of the molecule is CC(C)N(CCCO)C(=O)N(CC(=O)O)C(C)C. The number of hydrogen-bond acceptors (Lipinski definition) is 3. The summed E-state index contributed by atoms with van der Waals surface area (Å²) in [4.78, 5) is 25.9. The Bertz CT molecular complexity index is 279. The first-order chi connectivity index (χ1) is 8.31. The number of urea groups is 1. The van der Waals surface area contributed by atoms with E-state index >= 15 is 0 Å². The molecule has 106 valence electrons. The van der Waals surface area contributed by atoms with Crippen molar-refractivity contribution < 1.29 is 19.8 Å². The van der Waals surface area contributed by atoms with Gasteiger partial charge in [0, 0.05) is 25.2 Å². The quantitative estimate of drug-likeness (QED) is 0.715. The van der Waals surface area contributed by atoms with Gasteiger partial charge in [-0.15, -0.1) is 0 Å². The zero-order valence-corrected chi connectivity index (χ0v) is 11.6. The van der Waals surface area contributed by atoms with Gasteiger partial charge in [-0.3, -0.25) is 4.79 Å². The molecule has 6 heteroatoms. The fourth-order valence-electron chi connectivity index (χ4n) is 1.60. The molecule has 0 aliphatic carbocycles. The normalized spacial score (nSPS) is 10.8. The van der Waals surface area contributed by atoms with Crippen LogP contribution in [-0.2, 0) is 4.79 Å². The summed E-state index contributed by atoms with van der Waals surface area (Å²) in [7, 11) is 0. The predicted octanol–water partition coefficient (Wildman–Crippen LogP) is 0.994. The summed E-state index contributed by atoms with van der Waals surface area (Å²) in [6.07, 6.45) is 0.489. The molecule has 0 heterocycles. The first kappa shape index (κ1) is 16.7. The van der Waals surface area contributed by atoms with E-state index in [-0.39, 0.29) is 31.3 Å². The van der Waals surface area contributed by atoms with Gasteiger partial charge in [-0.2, -0.15) is 0 Å². The summed E-state index contributed by atoms with van der Waals surface area (Å²) < 4.78 is 0. The highest BCUT2D eigenvalue weighted by atomic mass is 16.4. The topological polar surface area (TPSA) is 81.1 Å². The lowest BCUT2D eigenvalue weighted by Crippen LogP contribution is -2.51. The van der Waals surface area contributed by atoms with Crippen LogP contribution in [0.4, 0.5) is 4.79 Å². The molecule has 0 fully saturated rings. The third-order valence-corrected chi connectivity index (χ3v) is 2.60. The highest BCUT2D eigenvalue weighted by molar-refractivity contribution is 5.80. The van der Waals surface area contributed by atoms with E-state index in [2.05, 4.69) is 0 Å². The van der Waals surface area contributed by atoms with E-state index in [0.29, 0.717) is 13.0 Å². The molecule has 0 aromatic rings. The third kappa shape index (κ3) is 5.35. The van der Waals surface area contributed by atoms with Crippen LogP contribution in [0.25, 0.3) is 0 Å². The lowest BCUT2D eigenvalue weighted by Gasteiger charge is -2.34. The molecule has 0 radical (unpaired) electrons. The van der Waals surface area contributed by atoms with E-state index in [1.54, 1.807) is 18.7 Å². The molecule has 0 saturated heterocycles. The minimum absolute atomic E-state index is 0.0110. The Kier molecular flexibility index (Phi) is 7.35. The molecule has 0 saturated carbocycles. The van der Waals surface area contributed by atoms with Crippen LogP contribution in [0.3, 0.4) is 0 Å². The summed E-state index contributed by atoms with van der Waals surface area (Å²) in [5, 5.41) is 17.7. The molecule has 0 aliphatic rings. The lowest BCUT2D eigenvalue weighted by molar-refractivity contribution is -0.138. The van der Waals surface area contributed by atoms with Gasteiger partial charge in [-0.1, -0.05) is 0 Å². The van der Waals surface area contributed by atoms with Gasteiger partial charge in [0.2, 0.25) is 0 Å². The minimum atomic E-state index is -1.03. The van der Waals surface area contributed by atoms with Crippen molar-refractivity contribution in [1.82, 2.24) is 9.80 Å². The van der Waals surface area contributed by atoms with Crippen molar-refractivity contribution in [2.75, 3.05) is 19.7 Å². The van der Waals surface area contributed by atoms with Crippen LogP contribution in [0, 0.1) is 0 Å². The number of nitrogens with zero attached hydrogens (tertiary/aromatic N) is 2. The molecule has 2 N–H and O–H groups in total. The molecule has 6 nitrogen and oxygen atoms in total. The van der Waals surface area contributed by atoms with E-state index in [4.69, 9.17) is 10.2 Å². The van der Waals surface area contributed by atoms with E-state index in [1.165, 1.54) is 4.90 Å². The van der Waals surface area contributed by atoms with E-state index < -0.39 is 5.97 Å². The highest BCUT2D eigenvalue weighted by Crippen LogP contribution is 2.09. The molecule has 0 spiro atoms. The first-order valence-electron chi connectivity index (χ1n) is 6.21. The van der Waals surface area contributed by atoms with Crippen molar-refractivity contribution in [2.24, 2.45) is 0 Å². The average Bonchev–Trinajstić information content (AvgIpc) is 2.25. The number of carbonyl (C=O) groups excluding carboxylic acids is 1. The molecule has 0 atom stereocenters. The number of aliphatic hydroxyl groups excluding tert-OH is 1. The summed E-state index contributed by atoms with van der Waals surface area (Å²) in [5.41, 5.74) is 0. The summed E-state index contributed by atoms with van der Waals surface area (Å²) in [6, 6.07) is -0.501. The minimum Gasteiger partial charge on any atom is -0.480 e. The molecule has 0 unspecified atom stereocenters. The Morgan fingerprint density at radius 2 is 1.56 bits per heavy atom. The van der Waals surface area contributed by atoms with Crippen molar-refractivity contribution in [2.45, 2.75) is 46.2 Å². The third-order valence-electron chi connectivity index (χ3n) is 2.60. The van der Waals surface area contributed by atoms with Gasteiger partial charge in [0.1, 0.15) is 6.54 Å². The second-order valence-corrected chi connectivity index (χ2v) is 4.76. The number of carboxylic acids is 1. The van der Waals surface area contributed by atoms with Gasteiger partial charge in [-0.25, -0.2) is 4.79 Å². The summed E-state index contributed by atoms with van der Waals surface area (Å²) in [6.45, 7) is 7.44. The average molecular weight is 260 g/mol. The monoisotopic (exact) mass is 260 g/mol. The molecule has 0 aromatic heterocycles. The zero-order valence-electron chi connectivity index (χ0n) is 11.6. The van der Waals surface area contributed by atoms with Crippen molar-refractivity contribution in [3.63, 3.8) is 0 Å². The number of hydrogen-bond donors (Lipinski definition) is 2. The maximum Gasteiger partial charge on any atom is 0.323 e. The molecule has 0 aliphatic heterocycles. The fraction of sp³-hybridized carbons (Fsp3) is 0.833. The van der Waals surface area contributed by atoms with E-state index in [0.717, 1.165) is 0 Å². The van der Waals surface area contributed by atoms with Crippen molar-refractivity contribution in [3.8, 4) is 0 Å². The van der Waals surface area contributed by atoms with Crippen molar-refractivity contribution in [3.05, 3.63) is 0 Å². The molecule has 18 heavy (non-hydrogen) atoms. The van der Waals surface area contributed by atoms with Crippen molar-refractivity contribution in [1.29, 1.82) is 0 Å². The fourth-order valence-corrected chi connectivity index (χ4v) is 1.60. The summed E-state index contributed by atoms with van der Waals surface area (Å²) >= 11 is 0. The standard InChI is InChI=1S/C12H24N2O4/c1-9(2)13(6-5-7-15)12(18)14(10(3)4)8-11(16)17/h9-10,15H,5-8H2,1-4H3,(H,16,17). The number of aliphatic hydroxyl groups is 1. The van der Waals surface area contributed by atoms with E-state index in [9.17, 15) is 9.59 Å². The van der Waals surface area contributed by atoms with Crippen LogP contribution < -0.4 is 0 Å². The van der Waals surface area contributed by atoms with Gasteiger partial charge in [0.25, 0.3) is 0 Å². The van der Waals surface area contributed by atoms with Crippen LogP contribution in [0.5, 0.6) is 0 Å². The second-order valence-electron chi connectivity index (χ2n) is 4.76.